The van der Waals surface area contributed by atoms with Gasteiger partial charge in [-0.3, -0.25) is 4.18 Å². The first-order valence-corrected chi connectivity index (χ1v) is 22.2. The molecule has 0 aliphatic rings. The van der Waals surface area contributed by atoms with Gasteiger partial charge in [0.1, 0.15) is 6.61 Å². The van der Waals surface area contributed by atoms with Crippen molar-refractivity contribution >= 4 is 21.8 Å². The van der Waals surface area contributed by atoms with Crippen molar-refractivity contribution in [3.8, 4) is 0 Å². The first kappa shape index (κ1) is 53.3. The molecule has 0 aliphatic carbocycles. The molecule has 344 valence electrons. The minimum absolute atomic E-state index is 0.0661. The fourth-order valence-electron chi connectivity index (χ4n) is 4.69. The predicted molar refractivity (Wildman–Crippen MR) is 223 cm³/mol. The molecule has 0 fully saturated rings. The standard InChI is InChI=1S/C42H69NO16S/c1-3-4-13-43-40-9-7-39(8-10-40)42(44)58-36-34-56-32-30-54-28-26-52-24-22-50-20-18-48-16-14-47-15-17-49-19-21-51-23-25-53-27-29-55-31-33-57-35-37-59-60(45,46)41-11-5-38(2)6-12-41/h5-12,43H,3-4,13-37H2,1-2H3. The van der Waals surface area contributed by atoms with Gasteiger partial charge < -0.3 is 62.2 Å². The summed E-state index contributed by atoms with van der Waals surface area (Å²) in [6.07, 6.45) is 2.23. The Morgan fingerprint density at radius 3 is 1.15 bits per heavy atom. The van der Waals surface area contributed by atoms with Crippen LogP contribution in [-0.2, 0) is 71.1 Å². The molecule has 0 unspecified atom stereocenters. The maximum Gasteiger partial charge on any atom is 0.338 e. The Morgan fingerprint density at radius 2 is 0.800 bits per heavy atom. The molecule has 0 bridgehead atoms. The molecule has 2 aromatic carbocycles. The summed E-state index contributed by atoms with van der Waals surface area (Å²) >= 11 is 0. The van der Waals surface area contributed by atoms with Crippen LogP contribution >= 0.6 is 0 Å². The van der Waals surface area contributed by atoms with Crippen molar-refractivity contribution in [3.05, 3.63) is 59.7 Å². The van der Waals surface area contributed by atoms with E-state index in [1.54, 1.807) is 24.3 Å². The van der Waals surface area contributed by atoms with Gasteiger partial charge in [-0.1, -0.05) is 31.0 Å². The molecule has 0 spiro atoms. The van der Waals surface area contributed by atoms with Gasteiger partial charge in [-0.2, -0.15) is 8.42 Å². The summed E-state index contributed by atoms with van der Waals surface area (Å²) in [5.74, 6) is -0.369. The van der Waals surface area contributed by atoms with Crippen molar-refractivity contribution in [2.45, 2.75) is 31.6 Å². The zero-order valence-electron chi connectivity index (χ0n) is 35.7. The van der Waals surface area contributed by atoms with Gasteiger partial charge in [0.2, 0.25) is 0 Å². The van der Waals surface area contributed by atoms with Gasteiger partial charge in [0.05, 0.1) is 162 Å². The fourth-order valence-corrected chi connectivity index (χ4v) is 5.58. The predicted octanol–water partition coefficient (Wildman–Crippen LogP) is 3.95. The lowest BCUT2D eigenvalue weighted by Gasteiger charge is -2.09. The van der Waals surface area contributed by atoms with Crippen LogP contribution in [0.1, 0.15) is 35.7 Å². The van der Waals surface area contributed by atoms with E-state index < -0.39 is 10.1 Å². The second kappa shape index (κ2) is 37.9. The Labute approximate surface area is 356 Å². The van der Waals surface area contributed by atoms with Gasteiger partial charge in [-0.25, -0.2) is 4.79 Å². The number of unbranched alkanes of at least 4 members (excludes halogenated alkanes) is 1. The summed E-state index contributed by atoms with van der Waals surface area (Å²) in [5.41, 5.74) is 2.47. The van der Waals surface area contributed by atoms with Gasteiger partial charge in [0, 0.05) is 12.2 Å². The molecule has 0 radical (unpaired) electrons. The van der Waals surface area contributed by atoms with Crippen LogP contribution < -0.4 is 5.32 Å². The Bertz CT molecular complexity index is 1390. The van der Waals surface area contributed by atoms with Crippen LogP contribution in [0.15, 0.2) is 53.4 Å². The monoisotopic (exact) mass is 875 g/mol. The number of anilines is 1. The van der Waals surface area contributed by atoms with Crippen molar-refractivity contribution < 1.29 is 74.2 Å². The number of nitrogens with one attached hydrogen (secondary N) is 1. The molecule has 0 heterocycles. The number of hydrogen-bond donors (Lipinski definition) is 1. The van der Waals surface area contributed by atoms with E-state index in [0.717, 1.165) is 30.6 Å². The van der Waals surface area contributed by atoms with Gasteiger partial charge in [0.15, 0.2) is 0 Å². The smallest absolute Gasteiger partial charge is 0.338 e. The zero-order valence-corrected chi connectivity index (χ0v) is 36.5. The molecular formula is C42H69NO16S. The number of benzene rings is 2. The highest BCUT2D eigenvalue weighted by Gasteiger charge is 2.14. The van der Waals surface area contributed by atoms with Gasteiger partial charge in [-0.15, -0.1) is 0 Å². The molecule has 0 saturated heterocycles. The number of ether oxygens (including phenoxy) is 12. The highest BCUT2D eigenvalue weighted by atomic mass is 32.2. The quantitative estimate of drug-likeness (QED) is 0.0574. The minimum Gasteiger partial charge on any atom is -0.460 e. The average molecular weight is 876 g/mol. The van der Waals surface area contributed by atoms with Crippen LogP contribution in [0, 0.1) is 6.92 Å². The molecule has 60 heavy (non-hydrogen) atoms. The van der Waals surface area contributed by atoms with E-state index in [2.05, 4.69) is 12.2 Å². The highest BCUT2D eigenvalue weighted by molar-refractivity contribution is 7.86. The van der Waals surface area contributed by atoms with Crippen molar-refractivity contribution in [3.63, 3.8) is 0 Å². The molecule has 0 atom stereocenters. The van der Waals surface area contributed by atoms with Gasteiger partial charge in [-0.05, 0) is 49.7 Å². The lowest BCUT2D eigenvalue weighted by molar-refractivity contribution is -0.0282. The largest absolute Gasteiger partial charge is 0.460 e. The summed E-state index contributed by atoms with van der Waals surface area (Å²) in [6.45, 7) is 14.3. The lowest BCUT2D eigenvalue weighted by atomic mass is 10.2. The van der Waals surface area contributed by atoms with Crippen molar-refractivity contribution in [2.24, 2.45) is 0 Å². The zero-order chi connectivity index (χ0) is 43.0. The third-order valence-corrected chi connectivity index (χ3v) is 9.26. The number of esters is 1. The van der Waals surface area contributed by atoms with Crippen LogP contribution in [-0.4, -0.2) is 179 Å². The first-order valence-electron chi connectivity index (χ1n) is 20.7. The number of carbonyl (C=O) groups excluding carboxylic acids is 1. The number of hydrogen-bond acceptors (Lipinski definition) is 17. The topological polar surface area (TPSA) is 183 Å². The minimum atomic E-state index is -3.78. The van der Waals surface area contributed by atoms with Gasteiger partial charge in [0.25, 0.3) is 10.1 Å². The summed E-state index contributed by atoms with van der Waals surface area (Å²) in [4.78, 5) is 12.3. The molecule has 18 heteroatoms. The molecule has 2 aromatic rings. The summed E-state index contributed by atoms with van der Waals surface area (Å²) < 4.78 is 94.5. The average Bonchev–Trinajstić information content (AvgIpc) is 3.25. The number of carbonyl (C=O) groups is 1. The van der Waals surface area contributed by atoms with E-state index in [4.69, 9.17) is 61.0 Å². The van der Waals surface area contributed by atoms with Crippen molar-refractivity contribution in [1.82, 2.24) is 0 Å². The molecule has 0 aromatic heterocycles. The van der Waals surface area contributed by atoms with Crippen molar-refractivity contribution in [2.75, 3.05) is 170 Å². The fraction of sp³-hybridized carbons (Fsp3) is 0.690. The maximum atomic E-state index is 12.1. The summed E-state index contributed by atoms with van der Waals surface area (Å²) in [6, 6.07) is 13.7. The molecule has 2 rings (SSSR count). The summed E-state index contributed by atoms with van der Waals surface area (Å²) in [5, 5.41) is 3.32. The second-order valence-corrected chi connectivity index (χ2v) is 14.4. The molecule has 0 amide bonds. The maximum absolute atomic E-state index is 12.1. The normalized spacial score (nSPS) is 11.6. The van der Waals surface area contributed by atoms with Crippen molar-refractivity contribution in [1.29, 1.82) is 0 Å². The van der Waals surface area contributed by atoms with E-state index in [0.29, 0.717) is 144 Å². The van der Waals surface area contributed by atoms with Crippen LogP contribution in [0.25, 0.3) is 0 Å². The third kappa shape index (κ3) is 30.2. The van der Waals surface area contributed by atoms with E-state index in [-0.39, 0.29) is 30.7 Å². The van der Waals surface area contributed by atoms with E-state index in [9.17, 15) is 13.2 Å². The first-order chi connectivity index (χ1) is 29.4. The molecule has 0 saturated carbocycles. The summed E-state index contributed by atoms with van der Waals surface area (Å²) in [7, 11) is -3.78. The number of rotatable bonds is 43. The Kier molecular flexibility index (Phi) is 33.7. The third-order valence-electron chi connectivity index (χ3n) is 7.94. The molecule has 0 aliphatic heterocycles. The van der Waals surface area contributed by atoms with Crippen LogP contribution in [0.4, 0.5) is 5.69 Å². The van der Waals surface area contributed by atoms with E-state index in [1.807, 2.05) is 19.1 Å². The molecule has 17 nitrogen and oxygen atoms in total. The lowest BCUT2D eigenvalue weighted by Crippen LogP contribution is -2.16. The van der Waals surface area contributed by atoms with Crippen LogP contribution in [0.2, 0.25) is 0 Å². The van der Waals surface area contributed by atoms with E-state index >= 15 is 0 Å². The highest BCUT2D eigenvalue weighted by Crippen LogP contribution is 2.13. The second-order valence-electron chi connectivity index (χ2n) is 12.8. The molecular weight excluding hydrogens is 807 g/mol. The molecule has 1 N–H and O–H groups in total. The van der Waals surface area contributed by atoms with Crippen LogP contribution in [0.5, 0.6) is 0 Å². The van der Waals surface area contributed by atoms with Crippen LogP contribution in [0.3, 0.4) is 0 Å². The SMILES string of the molecule is CCCCNc1ccc(C(=O)OCCOCCOCCOCCOCCOCCOCCOCCOCCOCCOCCOCCOS(=O)(=O)c2ccc(C)cc2)cc1. The Balaban J connectivity index is 1.18. The Hall–Kier alpha value is -2.82. The van der Waals surface area contributed by atoms with E-state index in [1.165, 1.54) is 12.1 Å². The number of aryl methyl sites for hydroxylation is 1. The Morgan fingerprint density at radius 1 is 0.467 bits per heavy atom. The van der Waals surface area contributed by atoms with Gasteiger partial charge >= 0.3 is 5.97 Å².